The Hall–Kier alpha value is -1.10. The second-order valence-corrected chi connectivity index (χ2v) is 5.42. The summed E-state index contributed by atoms with van der Waals surface area (Å²) >= 11 is 0. The van der Waals surface area contributed by atoms with Gasteiger partial charge in [0.1, 0.15) is 18.5 Å². The molecular weight excluding hydrogens is 264 g/mol. The first-order chi connectivity index (χ1) is 10.2. The van der Waals surface area contributed by atoms with Gasteiger partial charge in [-0.05, 0) is 38.6 Å². The van der Waals surface area contributed by atoms with E-state index in [0.29, 0.717) is 13.2 Å². The van der Waals surface area contributed by atoms with Gasteiger partial charge in [0.2, 0.25) is 0 Å². The minimum absolute atomic E-state index is 0.322. The summed E-state index contributed by atoms with van der Waals surface area (Å²) in [5.74, 6) is 0.805. The Morgan fingerprint density at radius 3 is 2.52 bits per heavy atom. The molecule has 0 saturated carbocycles. The van der Waals surface area contributed by atoms with Crippen LogP contribution >= 0.6 is 0 Å². The van der Waals surface area contributed by atoms with E-state index in [0.717, 1.165) is 31.9 Å². The molecule has 21 heavy (non-hydrogen) atoms. The van der Waals surface area contributed by atoms with Crippen LogP contribution in [-0.4, -0.2) is 55.4 Å². The van der Waals surface area contributed by atoms with Crippen molar-refractivity contribution in [3.63, 3.8) is 0 Å². The lowest BCUT2D eigenvalue weighted by Gasteiger charge is -2.20. The van der Waals surface area contributed by atoms with Crippen molar-refractivity contribution in [3.8, 4) is 5.75 Å². The molecule has 120 valence electrons. The summed E-state index contributed by atoms with van der Waals surface area (Å²) in [4.78, 5) is 2.40. The summed E-state index contributed by atoms with van der Waals surface area (Å²) in [5, 5.41) is 13.2. The predicted octanol–water partition coefficient (Wildman–Crippen LogP) is 2.06. The zero-order valence-electron chi connectivity index (χ0n) is 13.6. The first-order valence-electron chi connectivity index (χ1n) is 7.96. The number of aryl methyl sites for hydroxylation is 1. The molecule has 0 radical (unpaired) electrons. The Labute approximate surface area is 129 Å². The number of hydrogen-bond donors (Lipinski definition) is 2. The summed E-state index contributed by atoms with van der Waals surface area (Å²) in [6, 6.07) is 7.87. The molecule has 0 saturated heterocycles. The van der Waals surface area contributed by atoms with E-state index in [9.17, 15) is 5.11 Å². The van der Waals surface area contributed by atoms with Crippen LogP contribution in [-0.2, 0) is 0 Å². The van der Waals surface area contributed by atoms with E-state index in [1.54, 1.807) is 0 Å². The first kappa shape index (κ1) is 18.0. The number of nitrogens with one attached hydrogen (secondary N) is 1. The molecule has 1 rings (SSSR count). The highest BCUT2D eigenvalue weighted by Crippen LogP contribution is 2.11. The summed E-state index contributed by atoms with van der Waals surface area (Å²) in [6.45, 7) is 11.4. The Morgan fingerprint density at radius 2 is 1.90 bits per heavy atom. The molecule has 0 bridgehead atoms. The van der Waals surface area contributed by atoms with Crippen LogP contribution in [0.4, 0.5) is 0 Å². The first-order valence-corrected chi connectivity index (χ1v) is 7.96. The van der Waals surface area contributed by atoms with Gasteiger partial charge in [0.05, 0.1) is 0 Å². The van der Waals surface area contributed by atoms with Crippen LogP contribution < -0.4 is 10.1 Å². The Balaban J connectivity index is 2.11. The van der Waals surface area contributed by atoms with Crippen molar-refractivity contribution in [1.82, 2.24) is 10.2 Å². The van der Waals surface area contributed by atoms with E-state index >= 15 is 0 Å². The number of aliphatic hydroxyl groups is 1. The maximum Gasteiger partial charge on any atom is 0.119 e. The van der Waals surface area contributed by atoms with Crippen molar-refractivity contribution in [2.75, 3.05) is 39.3 Å². The molecule has 1 unspecified atom stereocenters. The summed E-state index contributed by atoms with van der Waals surface area (Å²) < 4.78 is 5.56. The fourth-order valence-electron chi connectivity index (χ4n) is 2.14. The highest BCUT2D eigenvalue weighted by molar-refractivity contribution is 5.26. The zero-order chi connectivity index (χ0) is 15.5. The topological polar surface area (TPSA) is 44.7 Å². The third-order valence-corrected chi connectivity index (χ3v) is 3.44. The zero-order valence-corrected chi connectivity index (χ0v) is 13.6. The number of benzene rings is 1. The standard InChI is InChI=1S/C17H30N2O2/c1-4-11-19(5-2)12-10-18-13-16(20)14-21-17-8-6-15(3)7-9-17/h6-9,16,18,20H,4-5,10-14H2,1-3H3. The molecule has 1 aromatic rings. The van der Waals surface area contributed by atoms with Crippen LogP contribution in [0.3, 0.4) is 0 Å². The summed E-state index contributed by atoms with van der Waals surface area (Å²) in [6.07, 6.45) is 0.702. The van der Waals surface area contributed by atoms with Gasteiger partial charge >= 0.3 is 0 Å². The van der Waals surface area contributed by atoms with Gasteiger partial charge in [0, 0.05) is 19.6 Å². The van der Waals surface area contributed by atoms with Crippen LogP contribution in [0.15, 0.2) is 24.3 Å². The van der Waals surface area contributed by atoms with E-state index in [-0.39, 0.29) is 0 Å². The van der Waals surface area contributed by atoms with E-state index in [4.69, 9.17) is 4.74 Å². The van der Waals surface area contributed by atoms with E-state index < -0.39 is 6.10 Å². The highest BCUT2D eigenvalue weighted by atomic mass is 16.5. The normalized spacial score (nSPS) is 12.6. The van der Waals surface area contributed by atoms with Gasteiger partial charge in [-0.1, -0.05) is 31.5 Å². The SMILES string of the molecule is CCCN(CC)CCNCC(O)COc1ccc(C)cc1. The van der Waals surface area contributed by atoms with E-state index in [1.807, 2.05) is 31.2 Å². The summed E-state index contributed by atoms with van der Waals surface area (Å²) in [7, 11) is 0. The number of nitrogens with zero attached hydrogens (tertiary/aromatic N) is 1. The second kappa shape index (κ2) is 10.6. The molecule has 0 spiro atoms. The lowest BCUT2D eigenvalue weighted by atomic mass is 10.2. The Bertz CT molecular complexity index is 368. The van der Waals surface area contributed by atoms with Crippen LogP contribution in [0, 0.1) is 6.92 Å². The van der Waals surface area contributed by atoms with Gasteiger partial charge in [-0.3, -0.25) is 0 Å². The fourth-order valence-corrected chi connectivity index (χ4v) is 2.14. The van der Waals surface area contributed by atoms with Crippen molar-refractivity contribution >= 4 is 0 Å². The van der Waals surface area contributed by atoms with E-state index in [2.05, 4.69) is 24.1 Å². The molecule has 0 aliphatic heterocycles. The number of rotatable bonds is 11. The number of ether oxygens (including phenoxy) is 1. The van der Waals surface area contributed by atoms with Crippen molar-refractivity contribution in [2.24, 2.45) is 0 Å². The summed E-state index contributed by atoms with van der Waals surface area (Å²) in [5.41, 5.74) is 1.21. The third-order valence-electron chi connectivity index (χ3n) is 3.44. The van der Waals surface area contributed by atoms with Gasteiger partial charge in [-0.15, -0.1) is 0 Å². The molecule has 4 nitrogen and oxygen atoms in total. The minimum atomic E-state index is -0.479. The minimum Gasteiger partial charge on any atom is -0.491 e. The second-order valence-electron chi connectivity index (χ2n) is 5.42. The fraction of sp³-hybridized carbons (Fsp3) is 0.647. The van der Waals surface area contributed by atoms with Crippen molar-refractivity contribution in [2.45, 2.75) is 33.3 Å². The number of hydrogen-bond acceptors (Lipinski definition) is 4. The molecule has 0 aliphatic rings. The van der Waals surface area contributed by atoms with Gasteiger partial charge in [-0.25, -0.2) is 0 Å². The lowest BCUT2D eigenvalue weighted by Crippen LogP contribution is -2.37. The van der Waals surface area contributed by atoms with Crippen molar-refractivity contribution in [3.05, 3.63) is 29.8 Å². The molecule has 4 heteroatoms. The largest absolute Gasteiger partial charge is 0.491 e. The Kier molecular flexibility index (Phi) is 9.06. The van der Waals surface area contributed by atoms with Crippen molar-refractivity contribution < 1.29 is 9.84 Å². The highest BCUT2D eigenvalue weighted by Gasteiger charge is 2.05. The van der Waals surface area contributed by atoms with Gasteiger partial charge in [-0.2, -0.15) is 0 Å². The monoisotopic (exact) mass is 294 g/mol. The van der Waals surface area contributed by atoms with Gasteiger partial charge in [0.15, 0.2) is 0 Å². The molecule has 0 aromatic heterocycles. The van der Waals surface area contributed by atoms with Crippen LogP contribution in [0.25, 0.3) is 0 Å². The van der Waals surface area contributed by atoms with Gasteiger partial charge < -0.3 is 20.1 Å². The van der Waals surface area contributed by atoms with E-state index in [1.165, 1.54) is 12.0 Å². The maximum atomic E-state index is 9.89. The molecule has 0 amide bonds. The number of aliphatic hydroxyl groups excluding tert-OH is 1. The molecule has 0 fully saturated rings. The van der Waals surface area contributed by atoms with Crippen molar-refractivity contribution in [1.29, 1.82) is 0 Å². The molecule has 1 aromatic carbocycles. The average Bonchev–Trinajstić information content (AvgIpc) is 2.49. The smallest absolute Gasteiger partial charge is 0.119 e. The van der Waals surface area contributed by atoms with Crippen LogP contribution in [0.5, 0.6) is 5.75 Å². The number of likely N-dealkylation sites (N-methyl/N-ethyl adjacent to an activating group) is 1. The Morgan fingerprint density at radius 1 is 1.19 bits per heavy atom. The van der Waals surface area contributed by atoms with Crippen LogP contribution in [0.2, 0.25) is 0 Å². The molecule has 2 N–H and O–H groups in total. The average molecular weight is 294 g/mol. The predicted molar refractivity (Wildman–Crippen MR) is 88.0 cm³/mol. The quantitative estimate of drug-likeness (QED) is 0.613. The maximum absolute atomic E-state index is 9.89. The molecular formula is C17H30N2O2. The molecule has 0 heterocycles. The van der Waals surface area contributed by atoms with Crippen LogP contribution in [0.1, 0.15) is 25.8 Å². The lowest BCUT2D eigenvalue weighted by molar-refractivity contribution is 0.105. The van der Waals surface area contributed by atoms with Gasteiger partial charge in [0.25, 0.3) is 0 Å². The third kappa shape index (κ3) is 8.05. The molecule has 0 aliphatic carbocycles. The molecule has 1 atom stereocenters.